The van der Waals surface area contributed by atoms with E-state index in [0.717, 1.165) is 0 Å². The molecule has 2 fully saturated rings. The molecule has 0 aromatic rings. The number of alkyl halides is 2. The number of carbonyl (C=O) groups excluding carboxylic acids is 1. The van der Waals surface area contributed by atoms with Crippen molar-refractivity contribution >= 4 is 5.91 Å². The van der Waals surface area contributed by atoms with Crippen LogP contribution in [0.4, 0.5) is 8.78 Å². The Balaban J connectivity index is 1.99. The van der Waals surface area contributed by atoms with E-state index in [1.807, 2.05) is 6.92 Å². The number of morpholine rings is 1. The van der Waals surface area contributed by atoms with Gasteiger partial charge in [0.15, 0.2) is 0 Å². The van der Waals surface area contributed by atoms with Gasteiger partial charge in [-0.05, 0) is 13.3 Å². The second-order valence-corrected chi connectivity index (χ2v) is 5.33. The van der Waals surface area contributed by atoms with Gasteiger partial charge in [0.2, 0.25) is 11.8 Å². The minimum absolute atomic E-state index is 0.0606. The minimum Gasteiger partial charge on any atom is -0.373 e. The molecule has 0 aromatic heterocycles. The smallest absolute Gasteiger partial charge is 0.248 e. The summed E-state index contributed by atoms with van der Waals surface area (Å²) in [7, 11) is 0. The van der Waals surface area contributed by atoms with Crippen LogP contribution in [0.3, 0.4) is 0 Å². The molecule has 4 nitrogen and oxygen atoms in total. The van der Waals surface area contributed by atoms with Crippen LogP contribution in [0.15, 0.2) is 0 Å². The third-order valence-electron chi connectivity index (χ3n) is 3.80. The maximum atomic E-state index is 13.1. The van der Waals surface area contributed by atoms with Crippen molar-refractivity contribution in [1.29, 1.82) is 0 Å². The highest BCUT2D eigenvalue weighted by Crippen LogP contribution is 2.40. The van der Waals surface area contributed by atoms with Crippen LogP contribution in [-0.2, 0) is 9.53 Å². The van der Waals surface area contributed by atoms with Gasteiger partial charge in [0.05, 0.1) is 18.8 Å². The first-order valence-corrected chi connectivity index (χ1v) is 6.43. The van der Waals surface area contributed by atoms with E-state index in [9.17, 15) is 13.6 Å². The molecular weight excluding hydrogens is 242 g/mol. The lowest BCUT2D eigenvalue weighted by molar-refractivity contribution is -0.148. The molecule has 1 aliphatic heterocycles. The Morgan fingerprint density at radius 3 is 2.83 bits per heavy atom. The van der Waals surface area contributed by atoms with E-state index in [2.05, 4.69) is 0 Å². The molecule has 1 saturated carbocycles. The fourth-order valence-corrected chi connectivity index (χ4v) is 2.66. The number of hydrogen-bond donors (Lipinski definition) is 1. The van der Waals surface area contributed by atoms with Crippen LogP contribution < -0.4 is 5.73 Å². The molecule has 104 valence electrons. The molecule has 0 radical (unpaired) electrons. The highest BCUT2D eigenvalue weighted by atomic mass is 19.3. The van der Waals surface area contributed by atoms with Crippen molar-refractivity contribution in [1.82, 2.24) is 4.90 Å². The third-order valence-corrected chi connectivity index (χ3v) is 3.80. The quantitative estimate of drug-likeness (QED) is 0.807. The van der Waals surface area contributed by atoms with Crippen LogP contribution in [0, 0.1) is 5.92 Å². The molecule has 0 bridgehead atoms. The summed E-state index contributed by atoms with van der Waals surface area (Å²) in [5.74, 6) is -3.39. The average molecular weight is 262 g/mol. The van der Waals surface area contributed by atoms with Crippen molar-refractivity contribution < 1.29 is 18.3 Å². The first-order chi connectivity index (χ1) is 8.43. The van der Waals surface area contributed by atoms with Crippen molar-refractivity contribution in [3.8, 4) is 0 Å². The molecule has 3 unspecified atom stereocenters. The number of nitrogens with zero attached hydrogens (tertiary/aromatic N) is 1. The lowest BCUT2D eigenvalue weighted by atomic mass is 10.0. The van der Waals surface area contributed by atoms with Gasteiger partial charge in [-0.3, -0.25) is 4.79 Å². The Bertz CT molecular complexity index is 325. The molecule has 0 aromatic carbocycles. The van der Waals surface area contributed by atoms with Crippen molar-refractivity contribution in [2.45, 2.75) is 44.3 Å². The summed E-state index contributed by atoms with van der Waals surface area (Å²) in [5.41, 5.74) is 5.52. The number of rotatable bonds is 2. The second-order valence-electron chi connectivity index (χ2n) is 5.33. The number of nitrogens with two attached hydrogens (primary N) is 1. The highest BCUT2D eigenvalue weighted by Gasteiger charge is 2.45. The molecule has 0 spiro atoms. The molecular formula is C12H20F2N2O2. The lowest BCUT2D eigenvalue weighted by Gasteiger charge is -2.39. The molecule has 2 aliphatic rings. The summed E-state index contributed by atoms with van der Waals surface area (Å²) in [6.45, 7) is 3.06. The fraction of sp³-hybridized carbons (Fsp3) is 0.917. The second kappa shape index (κ2) is 5.09. The van der Waals surface area contributed by atoms with Gasteiger partial charge in [-0.25, -0.2) is 8.78 Å². The van der Waals surface area contributed by atoms with Crippen LogP contribution in [0.2, 0.25) is 0 Å². The van der Waals surface area contributed by atoms with Crippen LogP contribution in [0.5, 0.6) is 0 Å². The predicted molar refractivity (Wildman–Crippen MR) is 62.3 cm³/mol. The molecule has 2 rings (SSSR count). The van der Waals surface area contributed by atoms with Gasteiger partial charge in [-0.15, -0.1) is 0 Å². The van der Waals surface area contributed by atoms with Crippen molar-refractivity contribution in [2.75, 3.05) is 19.7 Å². The summed E-state index contributed by atoms with van der Waals surface area (Å²) in [5, 5.41) is 0. The normalized spacial score (nSPS) is 35.8. The zero-order chi connectivity index (χ0) is 13.3. The summed E-state index contributed by atoms with van der Waals surface area (Å²) < 4.78 is 31.7. The van der Waals surface area contributed by atoms with E-state index in [1.165, 1.54) is 0 Å². The fourth-order valence-electron chi connectivity index (χ4n) is 2.66. The standard InChI is InChI=1S/C12H20F2N2O2/c1-8-7-18-10(5-15)6-16(8)11(17)9-2-3-12(13,14)4-9/h8-10H,2-7,15H2,1H3. The lowest BCUT2D eigenvalue weighted by Crippen LogP contribution is -2.54. The maximum Gasteiger partial charge on any atom is 0.248 e. The van der Waals surface area contributed by atoms with E-state index in [-0.39, 0.29) is 37.3 Å². The third kappa shape index (κ3) is 2.80. The van der Waals surface area contributed by atoms with Crippen LogP contribution >= 0.6 is 0 Å². The Kier molecular flexibility index (Phi) is 3.87. The van der Waals surface area contributed by atoms with Crippen LogP contribution in [0.25, 0.3) is 0 Å². The summed E-state index contributed by atoms with van der Waals surface area (Å²) in [6.07, 6.45) is -0.387. The van der Waals surface area contributed by atoms with Gasteiger partial charge >= 0.3 is 0 Å². The molecule has 6 heteroatoms. The van der Waals surface area contributed by atoms with E-state index in [0.29, 0.717) is 19.7 Å². The molecule has 1 saturated heterocycles. The zero-order valence-corrected chi connectivity index (χ0v) is 10.6. The van der Waals surface area contributed by atoms with E-state index in [4.69, 9.17) is 10.5 Å². The number of hydrogen-bond acceptors (Lipinski definition) is 3. The highest BCUT2D eigenvalue weighted by molar-refractivity contribution is 5.79. The Morgan fingerprint density at radius 2 is 2.28 bits per heavy atom. The number of carbonyl (C=O) groups is 1. The average Bonchev–Trinajstić information content (AvgIpc) is 2.69. The largest absolute Gasteiger partial charge is 0.373 e. The van der Waals surface area contributed by atoms with E-state index < -0.39 is 11.8 Å². The molecule has 18 heavy (non-hydrogen) atoms. The van der Waals surface area contributed by atoms with E-state index >= 15 is 0 Å². The van der Waals surface area contributed by atoms with Crippen molar-refractivity contribution in [3.05, 3.63) is 0 Å². The monoisotopic (exact) mass is 262 g/mol. The molecule has 1 amide bonds. The van der Waals surface area contributed by atoms with Crippen LogP contribution in [0.1, 0.15) is 26.2 Å². The first kappa shape index (κ1) is 13.7. The number of amides is 1. The number of halogens is 2. The van der Waals surface area contributed by atoms with Gasteiger partial charge in [-0.2, -0.15) is 0 Å². The minimum atomic E-state index is -2.68. The van der Waals surface area contributed by atoms with Gasteiger partial charge < -0.3 is 15.4 Å². The van der Waals surface area contributed by atoms with E-state index in [1.54, 1.807) is 4.90 Å². The topological polar surface area (TPSA) is 55.6 Å². The Morgan fingerprint density at radius 1 is 1.56 bits per heavy atom. The first-order valence-electron chi connectivity index (χ1n) is 6.43. The summed E-state index contributed by atoms with van der Waals surface area (Å²) in [6, 6.07) is -0.0606. The van der Waals surface area contributed by atoms with Crippen molar-refractivity contribution in [3.63, 3.8) is 0 Å². The molecule has 1 aliphatic carbocycles. The Hall–Kier alpha value is -0.750. The van der Waals surface area contributed by atoms with Gasteiger partial charge in [0, 0.05) is 31.8 Å². The SMILES string of the molecule is CC1COC(CN)CN1C(=O)C1CCC(F)(F)C1. The summed E-state index contributed by atoms with van der Waals surface area (Å²) >= 11 is 0. The van der Waals surface area contributed by atoms with Gasteiger partial charge in [0.1, 0.15) is 0 Å². The molecule has 2 N–H and O–H groups in total. The summed E-state index contributed by atoms with van der Waals surface area (Å²) in [4.78, 5) is 13.9. The molecule has 3 atom stereocenters. The van der Waals surface area contributed by atoms with Gasteiger partial charge in [-0.1, -0.05) is 0 Å². The Labute approximate surface area is 105 Å². The van der Waals surface area contributed by atoms with Crippen LogP contribution in [-0.4, -0.2) is 48.6 Å². The number of ether oxygens (including phenoxy) is 1. The van der Waals surface area contributed by atoms with Gasteiger partial charge in [0.25, 0.3) is 0 Å². The maximum absolute atomic E-state index is 13.1. The zero-order valence-electron chi connectivity index (χ0n) is 10.6. The van der Waals surface area contributed by atoms with Crippen molar-refractivity contribution in [2.24, 2.45) is 11.7 Å². The predicted octanol–water partition coefficient (Wildman–Crippen LogP) is 0.996. The molecule has 1 heterocycles.